The van der Waals surface area contributed by atoms with Crippen LogP contribution in [0.25, 0.3) is 10.9 Å². The molecule has 456 valence electrons. The number of hydrogen-bond donors (Lipinski definition) is 5. The van der Waals surface area contributed by atoms with Gasteiger partial charge in [-0.3, -0.25) is 34.3 Å². The van der Waals surface area contributed by atoms with Gasteiger partial charge in [-0.2, -0.15) is 0 Å². The number of hydrogen-bond acceptors (Lipinski definition) is 15. The number of nitrogens with two attached hydrogens (primary N) is 1. The van der Waals surface area contributed by atoms with E-state index in [0.717, 1.165) is 16.7 Å². The molecule has 2 saturated heterocycles. The number of nitrogens with zero attached hydrogens (tertiary/aromatic N) is 2. The summed E-state index contributed by atoms with van der Waals surface area (Å²) in [5.74, 6) is -4.07. The minimum absolute atomic E-state index is 0.00603. The Kier molecular flexibility index (Phi) is 23.8. The van der Waals surface area contributed by atoms with Crippen LogP contribution in [0.3, 0.4) is 0 Å². The number of benzene rings is 2. The van der Waals surface area contributed by atoms with Crippen LogP contribution in [0.1, 0.15) is 116 Å². The van der Waals surface area contributed by atoms with E-state index in [4.69, 9.17) is 41.0 Å². The maximum Gasteiger partial charge on any atom is 0.412 e. The number of epoxide rings is 1. The van der Waals surface area contributed by atoms with Gasteiger partial charge in [0.05, 0.1) is 53.5 Å². The van der Waals surface area contributed by atoms with Crippen molar-refractivity contribution in [1.82, 2.24) is 15.6 Å². The molecule has 9 atom stereocenters. The number of esters is 2. The molecule has 5 amide bonds. The van der Waals surface area contributed by atoms with E-state index in [-0.39, 0.29) is 87.7 Å². The maximum absolute atomic E-state index is 14.5. The molecule has 0 unspecified atom stereocenters. The number of urea groups is 1. The Morgan fingerprint density at radius 3 is 2.52 bits per heavy atom. The lowest BCUT2D eigenvalue weighted by Crippen LogP contribution is -2.53. The fraction of sp³-hybridized carbons (Fsp3) is 0.532. The molecule has 0 saturated carbocycles. The lowest BCUT2D eigenvalue weighted by atomic mass is 9.78. The number of unbranched alkanes of at least 4 members (excludes halogenated alkanes) is 2. The number of ether oxygens (including phenoxy) is 5. The van der Waals surface area contributed by atoms with Gasteiger partial charge >= 0.3 is 24.1 Å². The average molecular weight is 1250 g/mol. The number of nitrogens with one attached hydrogen (secondary N) is 3. The highest BCUT2D eigenvalue weighted by Gasteiger charge is 2.64. The van der Waals surface area contributed by atoms with Gasteiger partial charge in [-0.15, -0.1) is 0 Å². The summed E-state index contributed by atoms with van der Waals surface area (Å²) in [6.07, 6.45) is 4.22. The van der Waals surface area contributed by atoms with Gasteiger partial charge in [-0.05, 0) is 100 Å². The number of pyridine rings is 1. The Morgan fingerprint density at radius 2 is 1.82 bits per heavy atom. The number of allylic oxidation sites excluding steroid dienone is 3. The lowest BCUT2D eigenvalue weighted by molar-refractivity contribution is -0.187. The monoisotopic (exact) mass is 1250 g/mol. The van der Waals surface area contributed by atoms with E-state index >= 15 is 0 Å². The highest BCUT2D eigenvalue weighted by atomic mass is 79.9. The number of alkyl halides is 1. The fourth-order valence-electron chi connectivity index (χ4n) is 11.0. The molecule has 4 bridgehead atoms. The van der Waals surface area contributed by atoms with E-state index in [1.54, 1.807) is 57.3 Å². The quantitative estimate of drug-likeness (QED) is 0.0148. The first-order chi connectivity index (χ1) is 39.8. The third-order valence-corrected chi connectivity index (χ3v) is 17.1. The molecule has 3 aliphatic heterocycles. The van der Waals surface area contributed by atoms with E-state index in [1.807, 2.05) is 45.9 Å². The molecule has 2 fully saturated rings. The minimum atomic E-state index is -1.64. The van der Waals surface area contributed by atoms with Crippen molar-refractivity contribution in [3.63, 3.8) is 0 Å². The van der Waals surface area contributed by atoms with Gasteiger partial charge in [0.2, 0.25) is 11.8 Å². The largest absolute Gasteiger partial charge is 0.462 e. The van der Waals surface area contributed by atoms with Crippen molar-refractivity contribution in [3.8, 4) is 0 Å². The fourth-order valence-corrected chi connectivity index (χ4v) is 11.4. The Morgan fingerprint density at radius 1 is 1.07 bits per heavy atom. The number of carbonyl (C=O) groups is 8. The highest BCUT2D eigenvalue weighted by molar-refractivity contribution is 9.09. The zero-order chi connectivity index (χ0) is 61.6. The third kappa shape index (κ3) is 17.5. The van der Waals surface area contributed by atoms with Crippen molar-refractivity contribution in [1.29, 1.82) is 0 Å². The summed E-state index contributed by atoms with van der Waals surface area (Å²) in [4.78, 5) is 113. The lowest BCUT2D eigenvalue weighted by Gasteiger charge is -2.41. The third-order valence-electron chi connectivity index (χ3n) is 16.0. The number of primary amides is 1. The first-order valence-corrected chi connectivity index (χ1v) is 29.9. The number of aromatic nitrogens is 1. The summed E-state index contributed by atoms with van der Waals surface area (Å²) < 4.78 is 29.4. The predicted molar refractivity (Wildman–Crippen MR) is 322 cm³/mol. The molecule has 20 nitrogen and oxygen atoms in total. The number of rotatable bonds is 23. The molecule has 2 aromatic carbocycles. The summed E-state index contributed by atoms with van der Waals surface area (Å²) in [7, 11) is 3.05. The Balaban J connectivity index is 1.21. The number of halogens is 2. The first-order valence-electron chi connectivity index (χ1n) is 28.4. The van der Waals surface area contributed by atoms with Crippen LogP contribution in [0, 0.1) is 24.7 Å². The number of fused-ring (bicyclic) bond motifs is 6. The van der Waals surface area contributed by atoms with Crippen LogP contribution in [0.4, 0.5) is 21.0 Å². The number of amides is 5. The molecule has 6 rings (SSSR count). The molecule has 3 aliphatic rings. The van der Waals surface area contributed by atoms with Crippen molar-refractivity contribution in [2.45, 2.75) is 160 Å². The second-order valence-electron chi connectivity index (χ2n) is 22.8. The van der Waals surface area contributed by atoms with Crippen molar-refractivity contribution in [3.05, 3.63) is 100 Å². The van der Waals surface area contributed by atoms with Crippen molar-refractivity contribution >= 4 is 97.3 Å². The zero-order valence-corrected chi connectivity index (χ0v) is 51.5. The van der Waals surface area contributed by atoms with Gasteiger partial charge in [-0.25, -0.2) is 14.4 Å². The summed E-state index contributed by atoms with van der Waals surface area (Å²) >= 11 is 10.1. The number of aliphatic hydroxyl groups is 1. The number of anilines is 2. The van der Waals surface area contributed by atoms with Crippen LogP contribution >= 0.6 is 27.5 Å². The minimum Gasteiger partial charge on any atom is -0.462 e. The number of carbonyl (C=O) groups excluding carboxylic acids is 8. The molecule has 0 spiro atoms. The van der Waals surface area contributed by atoms with Gasteiger partial charge in [-0.1, -0.05) is 96.9 Å². The summed E-state index contributed by atoms with van der Waals surface area (Å²) in [5.41, 5.74) is 6.72. The molecule has 4 heterocycles. The SMILES string of the molecule is C=C(CBr)C(=O)OCCCCCC(=O)C[C@H](C(=O)N[C@@H](CCCNC(N)=O)C(=O)Cc1ccc(NC(=O)O[C@H]2CC(=O)N(C)c3cc(cc(C)c3Cl)C/C(C)=C/C=C/[C@@H](OC)[C@]3(O)CC(=O)O[C@@H](C3)[C@@H](C)[C@@H]3O[C@@]23C)c2ncccc12)C(C)C. The van der Waals surface area contributed by atoms with Crippen LogP contribution in [0.15, 0.2) is 78.5 Å². The van der Waals surface area contributed by atoms with Gasteiger partial charge in [0, 0.05) is 80.7 Å². The molecular formula is C62H80BrClN6O14. The molecule has 0 radical (unpaired) electrons. The predicted octanol–water partition coefficient (Wildman–Crippen LogP) is 8.80. The van der Waals surface area contributed by atoms with Gasteiger partial charge in [0.1, 0.15) is 35.3 Å². The summed E-state index contributed by atoms with van der Waals surface area (Å²) in [6.45, 7) is 14.9. The Bertz CT molecular complexity index is 3020. The van der Waals surface area contributed by atoms with Crippen LogP contribution in [-0.4, -0.2) is 132 Å². The topological polar surface area (TPSA) is 284 Å². The molecule has 22 heteroatoms. The van der Waals surface area contributed by atoms with E-state index in [9.17, 15) is 43.5 Å². The van der Waals surface area contributed by atoms with Crippen LogP contribution in [-0.2, 0) is 65.3 Å². The van der Waals surface area contributed by atoms with Gasteiger partial charge < -0.3 is 50.1 Å². The molecule has 6 N–H and O–H groups in total. The Hall–Kier alpha value is -6.52. The van der Waals surface area contributed by atoms with Crippen LogP contribution < -0.4 is 26.6 Å². The second kappa shape index (κ2) is 30.0. The molecule has 0 aliphatic carbocycles. The van der Waals surface area contributed by atoms with Gasteiger partial charge in [0.25, 0.3) is 0 Å². The van der Waals surface area contributed by atoms with Crippen molar-refractivity contribution in [2.24, 2.45) is 23.5 Å². The molecule has 3 aromatic rings. The van der Waals surface area contributed by atoms with E-state index in [1.165, 1.54) is 18.2 Å². The summed E-state index contributed by atoms with van der Waals surface area (Å²) in [5, 5.41) is 21.4. The smallest absolute Gasteiger partial charge is 0.412 e. The number of methoxy groups -OCH3 is 1. The summed E-state index contributed by atoms with van der Waals surface area (Å²) in [6, 6.07) is 8.63. The molecule has 1 aromatic heterocycles. The Labute approximate surface area is 504 Å². The van der Waals surface area contributed by atoms with E-state index < -0.39 is 89.4 Å². The number of Topliss-reactive ketones (excluding diaryl/α,β-unsaturated/α-hetero) is 2. The van der Waals surface area contributed by atoms with E-state index in [0.29, 0.717) is 63.8 Å². The maximum atomic E-state index is 14.5. The zero-order valence-electron chi connectivity index (χ0n) is 49.2. The normalized spacial score (nSPS) is 24.3. The molecular weight excluding hydrogens is 1170 g/mol. The van der Waals surface area contributed by atoms with Crippen molar-refractivity contribution < 1.29 is 67.1 Å². The van der Waals surface area contributed by atoms with Crippen LogP contribution in [0.2, 0.25) is 5.02 Å². The van der Waals surface area contributed by atoms with Crippen molar-refractivity contribution in [2.75, 3.05) is 42.9 Å². The number of aryl methyl sites for hydroxylation is 1. The average Bonchev–Trinajstić information content (AvgIpc) is 1.94. The number of ketones is 2. The molecule has 84 heavy (non-hydrogen) atoms. The van der Waals surface area contributed by atoms with Crippen LogP contribution in [0.5, 0.6) is 0 Å². The highest BCUT2D eigenvalue weighted by Crippen LogP contribution is 2.50. The van der Waals surface area contributed by atoms with E-state index in [2.05, 4.69) is 43.4 Å². The van der Waals surface area contributed by atoms with Gasteiger partial charge in [0.15, 0.2) is 5.78 Å². The standard InChI is InChI=1S/C62H80BrClN6O14/c1-35(2)44(30-42(71)17-11-10-12-25-81-58(76)38(5)34-63)57(75)68-45(19-15-24-67-59(65)77)48(72)29-41-21-22-46(55-43(41)18-14-23-66-55)69-60(78)83-51-31-52(73)70(8)47-28-40(27-37(4)54(47)64)26-36(3)16-13-20-50(80-9)62(79)32-49(82-53(74)33-62)39(6)56-61(51,7)84-56/h13-14,16,18,20-23,27-28,35,39,44-45,49-51,56,79H,5,10-12,15,17,19,24-26,29-34H2,1-4,6-9H3,(H,68,75)(H,69,78)(H3,65,67,77)/b20-13+,36-16+/t39-,44+,45+,49+,50-,51+,56+,61+,62-/m1/s1. The first kappa shape index (κ1) is 66.6. The second-order valence-corrected chi connectivity index (χ2v) is 23.8.